The largest absolute Gasteiger partial charge is 0.427 e. The molecule has 0 aromatic heterocycles. The molecule has 2 rings (SSSR count). The summed E-state index contributed by atoms with van der Waals surface area (Å²) in [5.74, 6) is 0.354. The van der Waals surface area contributed by atoms with Gasteiger partial charge >= 0.3 is 5.97 Å². The number of ether oxygens (including phenoxy) is 1. The number of esters is 1. The van der Waals surface area contributed by atoms with Crippen LogP contribution in [0.2, 0.25) is 0 Å². The molecule has 1 aromatic rings. The maximum Gasteiger partial charge on any atom is 0.308 e. The number of carbonyl (C=O) groups excluding carboxylic acids is 1. The van der Waals surface area contributed by atoms with Crippen molar-refractivity contribution in [2.24, 2.45) is 0 Å². The molecule has 0 unspecified atom stereocenters. The Morgan fingerprint density at radius 1 is 1.57 bits per heavy atom. The van der Waals surface area contributed by atoms with Crippen LogP contribution >= 0.6 is 0 Å². The molecule has 1 heterocycles. The lowest BCUT2D eigenvalue weighted by molar-refractivity contribution is -0.131. The predicted molar refractivity (Wildman–Crippen MR) is 53.1 cm³/mol. The summed E-state index contributed by atoms with van der Waals surface area (Å²) in [6, 6.07) is 8.10. The van der Waals surface area contributed by atoms with E-state index in [-0.39, 0.29) is 5.97 Å². The van der Waals surface area contributed by atoms with Gasteiger partial charge < -0.3 is 10.1 Å². The summed E-state index contributed by atoms with van der Waals surface area (Å²) in [6.45, 7) is 2.48. The summed E-state index contributed by atoms with van der Waals surface area (Å²) < 4.78 is 5.01. The molecule has 0 bridgehead atoms. The Hall–Kier alpha value is -1.35. The van der Waals surface area contributed by atoms with Gasteiger partial charge in [-0.1, -0.05) is 12.1 Å². The van der Waals surface area contributed by atoms with Gasteiger partial charge in [0.2, 0.25) is 0 Å². The maximum absolute atomic E-state index is 10.7. The van der Waals surface area contributed by atoms with Crippen LogP contribution in [0.5, 0.6) is 5.75 Å². The second kappa shape index (κ2) is 3.80. The van der Waals surface area contributed by atoms with Crippen LogP contribution < -0.4 is 10.1 Å². The summed E-state index contributed by atoms with van der Waals surface area (Å²) >= 11 is 0. The van der Waals surface area contributed by atoms with Crippen LogP contribution in [0.3, 0.4) is 0 Å². The van der Waals surface area contributed by atoms with Crippen molar-refractivity contribution >= 4 is 5.97 Å². The zero-order valence-electron chi connectivity index (χ0n) is 8.12. The van der Waals surface area contributed by atoms with Crippen molar-refractivity contribution in [3.05, 3.63) is 29.8 Å². The van der Waals surface area contributed by atoms with E-state index >= 15 is 0 Å². The molecule has 0 spiro atoms. The van der Waals surface area contributed by atoms with E-state index < -0.39 is 0 Å². The SMILES string of the molecule is CC(=O)Oc1cccc([C@@H]2CCN2)c1. The third-order valence-electron chi connectivity index (χ3n) is 2.35. The number of carbonyl (C=O) groups is 1. The van der Waals surface area contributed by atoms with Crippen molar-refractivity contribution < 1.29 is 9.53 Å². The zero-order valence-corrected chi connectivity index (χ0v) is 8.12. The summed E-state index contributed by atoms with van der Waals surface area (Å²) in [6.07, 6.45) is 1.16. The Morgan fingerprint density at radius 2 is 2.36 bits per heavy atom. The van der Waals surface area contributed by atoms with Crippen molar-refractivity contribution in [2.45, 2.75) is 19.4 Å². The fourth-order valence-corrected chi connectivity index (χ4v) is 1.53. The van der Waals surface area contributed by atoms with Gasteiger partial charge in [-0.3, -0.25) is 4.79 Å². The molecule has 1 aromatic carbocycles. The van der Waals surface area contributed by atoms with Crippen molar-refractivity contribution in [3.63, 3.8) is 0 Å². The Bertz CT molecular complexity index is 345. The molecule has 3 nitrogen and oxygen atoms in total. The summed E-state index contributed by atoms with van der Waals surface area (Å²) in [5.41, 5.74) is 1.19. The van der Waals surface area contributed by atoms with Crippen molar-refractivity contribution in [1.82, 2.24) is 5.32 Å². The highest BCUT2D eigenvalue weighted by molar-refractivity contribution is 5.69. The highest BCUT2D eigenvalue weighted by atomic mass is 16.5. The van der Waals surface area contributed by atoms with Gasteiger partial charge in [-0.25, -0.2) is 0 Å². The second-order valence-electron chi connectivity index (χ2n) is 3.46. The molecular formula is C11H13NO2. The molecule has 0 aliphatic carbocycles. The second-order valence-corrected chi connectivity index (χ2v) is 3.46. The van der Waals surface area contributed by atoms with E-state index in [1.807, 2.05) is 18.2 Å². The van der Waals surface area contributed by atoms with Crippen LogP contribution in [0, 0.1) is 0 Å². The molecule has 1 N–H and O–H groups in total. The molecule has 1 saturated heterocycles. The van der Waals surface area contributed by atoms with Gasteiger partial charge in [0, 0.05) is 13.0 Å². The summed E-state index contributed by atoms with van der Waals surface area (Å²) in [5, 5.41) is 3.30. The van der Waals surface area contributed by atoms with Crippen molar-refractivity contribution in [3.8, 4) is 5.75 Å². The van der Waals surface area contributed by atoms with Crippen LogP contribution in [-0.4, -0.2) is 12.5 Å². The van der Waals surface area contributed by atoms with Gasteiger partial charge in [-0.05, 0) is 30.7 Å². The first kappa shape index (κ1) is 9.21. The monoisotopic (exact) mass is 191 g/mol. The summed E-state index contributed by atoms with van der Waals surface area (Å²) in [7, 11) is 0. The number of benzene rings is 1. The Morgan fingerprint density at radius 3 is 2.93 bits per heavy atom. The minimum Gasteiger partial charge on any atom is -0.427 e. The van der Waals surface area contributed by atoms with E-state index in [2.05, 4.69) is 5.32 Å². The highest BCUT2D eigenvalue weighted by Crippen LogP contribution is 2.25. The minimum atomic E-state index is -0.274. The van der Waals surface area contributed by atoms with E-state index in [4.69, 9.17) is 4.74 Å². The van der Waals surface area contributed by atoms with Crippen LogP contribution in [0.15, 0.2) is 24.3 Å². The first-order chi connectivity index (χ1) is 6.75. The van der Waals surface area contributed by atoms with Gasteiger partial charge in [0.1, 0.15) is 5.75 Å². The fourth-order valence-electron chi connectivity index (χ4n) is 1.53. The van der Waals surface area contributed by atoms with Crippen molar-refractivity contribution in [2.75, 3.05) is 6.54 Å². The van der Waals surface area contributed by atoms with E-state index in [1.54, 1.807) is 6.07 Å². The summed E-state index contributed by atoms with van der Waals surface area (Å²) in [4.78, 5) is 10.7. The smallest absolute Gasteiger partial charge is 0.308 e. The van der Waals surface area contributed by atoms with Crippen LogP contribution in [0.25, 0.3) is 0 Å². The molecular weight excluding hydrogens is 178 g/mol. The molecule has 1 aliphatic heterocycles. The standard InChI is InChI=1S/C11H13NO2/c1-8(13)14-10-4-2-3-9(7-10)11-5-6-12-11/h2-4,7,11-12H,5-6H2,1H3/t11-/m0/s1. The normalized spacial score (nSPS) is 19.9. The first-order valence-corrected chi connectivity index (χ1v) is 4.77. The van der Waals surface area contributed by atoms with Gasteiger partial charge in [-0.2, -0.15) is 0 Å². The van der Waals surface area contributed by atoms with Gasteiger partial charge in [0.15, 0.2) is 0 Å². The number of rotatable bonds is 2. The molecule has 1 aliphatic rings. The van der Waals surface area contributed by atoms with E-state index in [9.17, 15) is 4.79 Å². The van der Waals surface area contributed by atoms with Crippen LogP contribution in [-0.2, 0) is 4.79 Å². The maximum atomic E-state index is 10.7. The third kappa shape index (κ3) is 1.93. The highest BCUT2D eigenvalue weighted by Gasteiger charge is 2.18. The molecule has 14 heavy (non-hydrogen) atoms. The lowest BCUT2D eigenvalue weighted by Crippen LogP contribution is -2.34. The number of hydrogen-bond acceptors (Lipinski definition) is 3. The average molecular weight is 191 g/mol. The molecule has 1 atom stereocenters. The van der Waals surface area contributed by atoms with Crippen LogP contribution in [0.4, 0.5) is 0 Å². The Kier molecular flexibility index (Phi) is 2.50. The topological polar surface area (TPSA) is 38.3 Å². The van der Waals surface area contributed by atoms with Gasteiger partial charge in [0.25, 0.3) is 0 Å². The van der Waals surface area contributed by atoms with E-state index in [0.29, 0.717) is 11.8 Å². The molecule has 0 saturated carbocycles. The number of hydrogen-bond donors (Lipinski definition) is 1. The Labute approximate surface area is 83.1 Å². The lowest BCUT2D eigenvalue weighted by Gasteiger charge is -2.28. The fraction of sp³-hybridized carbons (Fsp3) is 0.364. The lowest BCUT2D eigenvalue weighted by atomic mass is 9.98. The molecule has 3 heteroatoms. The minimum absolute atomic E-state index is 0.274. The van der Waals surface area contributed by atoms with E-state index in [1.165, 1.54) is 12.5 Å². The zero-order chi connectivity index (χ0) is 9.97. The van der Waals surface area contributed by atoms with Gasteiger partial charge in [-0.15, -0.1) is 0 Å². The van der Waals surface area contributed by atoms with E-state index in [0.717, 1.165) is 13.0 Å². The van der Waals surface area contributed by atoms with Gasteiger partial charge in [0.05, 0.1) is 0 Å². The Balaban J connectivity index is 2.13. The quantitative estimate of drug-likeness (QED) is 0.570. The molecule has 0 amide bonds. The number of nitrogens with one attached hydrogen (secondary N) is 1. The third-order valence-corrected chi connectivity index (χ3v) is 2.35. The molecule has 74 valence electrons. The van der Waals surface area contributed by atoms with Crippen LogP contribution in [0.1, 0.15) is 24.9 Å². The molecule has 1 fully saturated rings. The molecule has 0 radical (unpaired) electrons. The first-order valence-electron chi connectivity index (χ1n) is 4.77. The van der Waals surface area contributed by atoms with Crippen molar-refractivity contribution in [1.29, 1.82) is 0 Å². The average Bonchev–Trinajstić information content (AvgIpc) is 1.99. The predicted octanol–water partition coefficient (Wildman–Crippen LogP) is 1.65.